The Morgan fingerprint density at radius 2 is 1.83 bits per heavy atom. The van der Waals surface area contributed by atoms with Crippen LogP contribution in [-0.2, 0) is 0 Å². The first kappa shape index (κ1) is 13.6. The van der Waals surface area contributed by atoms with Gasteiger partial charge in [0.05, 0.1) is 6.04 Å². The van der Waals surface area contributed by atoms with Gasteiger partial charge in [-0.05, 0) is 42.2 Å². The smallest absolute Gasteiger partial charge is 0.128 e. The van der Waals surface area contributed by atoms with Gasteiger partial charge in [-0.2, -0.15) is 0 Å². The van der Waals surface area contributed by atoms with Crippen molar-refractivity contribution in [3.8, 4) is 0 Å². The van der Waals surface area contributed by atoms with E-state index in [0.717, 1.165) is 10.0 Å². The number of halogens is 2. The van der Waals surface area contributed by atoms with Crippen molar-refractivity contribution in [1.29, 1.82) is 0 Å². The number of nitrogens with two attached hydrogens (primary N) is 1. The summed E-state index contributed by atoms with van der Waals surface area (Å²) in [6, 6.07) is 12.2. The molecule has 1 atom stereocenters. The summed E-state index contributed by atoms with van der Waals surface area (Å²) >= 11 is 5.00. The van der Waals surface area contributed by atoms with E-state index in [1.54, 1.807) is 23.9 Å². The molecule has 0 bridgehead atoms. The van der Waals surface area contributed by atoms with E-state index in [9.17, 15) is 4.39 Å². The Morgan fingerprint density at radius 1 is 1.17 bits per heavy atom. The van der Waals surface area contributed by atoms with Crippen LogP contribution in [0.2, 0.25) is 0 Å². The van der Waals surface area contributed by atoms with Gasteiger partial charge in [-0.15, -0.1) is 11.8 Å². The maximum atomic E-state index is 13.7. The monoisotopic (exact) mass is 325 g/mol. The van der Waals surface area contributed by atoms with Crippen molar-refractivity contribution in [2.45, 2.75) is 10.9 Å². The summed E-state index contributed by atoms with van der Waals surface area (Å²) in [5.41, 5.74) is 7.52. The maximum absolute atomic E-state index is 13.7. The molecule has 18 heavy (non-hydrogen) atoms. The van der Waals surface area contributed by atoms with Gasteiger partial charge in [0.1, 0.15) is 5.82 Å². The summed E-state index contributed by atoms with van der Waals surface area (Å²) < 4.78 is 14.6. The molecular weight excluding hydrogens is 313 g/mol. The Labute approximate surface area is 119 Å². The molecular formula is C14H13BrFNS. The van der Waals surface area contributed by atoms with Gasteiger partial charge in [0.15, 0.2) is 0 Å². The van der Waals surface area contributed by atoms with Crippen LogP contribution in [0.4, 0.5) is 4.39 Å². The van der Waals surface area contributed by atoms with Gasteiger partial charge in [0.25, 0.3) is 0 Å². The van der Waals surface area contributed by atoms with E-state index in [4.69, 9.17) is 5.73 Å². The molecule has 0 fully saturated rings. The Bertz CT molecular complexity index is 542. The van der Waals surface area contributed by atoms with Crippen LogP contribution in [0.15, 0.2) is 51.8 Å². The fourth-order valence-corrected chi connectivity index (χ4v) is 2.53. The van der Waals surface area contributed by atoms with Crippen molar-refractivity contribution >= 4 is 27.7 Å². The highest BCUT2D eigenvalue weighted by Crippen LogP contribution is 2.26. The third-order valence-corrected chi connectivity index (χ3v) is 4.00. The predicted octanol–water partition coefficient (Wildman–Crippen LogP) is 4.36. The molecule has 0 aliphatic heterocycles. The molecule has 94 valence electrons. The molecule has 2 N–H and O–H groups in total. The summed E-state index contributed by atoms with van der Waals surface area (Å²) in [6.45, 7) is 0. The highest BCUT2D eigenvalue weighted by molar-refractivity contribution is 9.10. The molecule has 2 aromatic rings. The normalized spacial score (nSPS) is 12.4. The van der Waals surface area contributed by atoms with E-state index in [0.29, 0.717) is 5.56 Å². The number of hydrogen-bond donors (Lipinski definition) is 1. The summed E-state index contributed by atoms with van der Waals surface area (Å²) in [5, 5.41) is 0. The van der Waals surface area contributed by atoms with Gasteiger partial charge >= 0.3 is 0 Å². The summed E-state index contributed by atoms with van der Waals surface area (Å²) in [7, 11) is 0. The van der Waals surface area contributed by atoms with Crippen molar-refractivity contribution in [3.05, 3.63) is 63.9 Å². The van der Waals surface area contributed by atoms with Crippen LogP contribution >= 0.6 is 27.7 Å². The van der Waals surface area contributed by atoms with Crippen LogP contribution in [0.3, 0.4) is 0 Å². The fraction of sp³-hybridized carbons (Fsp3) is 0.143. The lowest BCUT2D eigenvalue weighted by Crippen LogP contribution is -2.13. The topological polar surface area (TPSA) is 26.0 Å². The van der Waals surface area contributed by atoms with E-state index in [2.05, 4.69) is 15.9 Å². The minimum absolute atomic E-state index is 0.278. The lowest BCUT2D eigenvalue weighted by molar-refractivity contribution is 0.599. The van der Waals surface area contributed by atoms with E-state index in [1.165, 1.54) is 11.0 Å². The molecule has 2 rings (SSSR count). The molecule has 0 spiro atoms. The summed E-state index contributed by atoms with van der Waals surface area (Å²) in [4.78, 5) is 1.17. The zero-order valence-electron chi connectivity index (χ0n) is 9.86. The molecule has 2 aromatic carbocycles. The molecule has 0 saturated carbocycles. The molecule has 0 amide bonds. The second kappa shape index (κ2) is 5.87. The minimum atomic E-state index is -0.446. The standard InChI is InChI=1S/C14H13BrFNS/c1-18-11-5-2-9(3-6-11)14(17)12-8-10(15)4-7-13(12)16/h2-8,14H,17H2,1H3. The molecule has 0 aliphatic carbocycles. The van der Waals surface area contributed by atoms with Crippen LogP contribution in [0, 0.1) is 5.82 Å². The van der Waals surface area contributed by atoms with Crippen molar-refractivity contribution < 1.29 is 4.39 Å². The third kappa shape index (κ3) is 2.94. The van der Waals surface area contributed by atoms with E-state index in [-0.39, 0.29) is 5.82 Å². The van der Waals surface area contributed by atoms with E-state index in [1.807, 2.05) is 30.5 Å². The van der Waals surface area contributed by atoms with Crippen molar-refractivity contribution in [1.82, 2.24) is 0 Å². The maximum Gasteiger partial charge on any atom is 0.128 e. The van der Waals surface area contributed by atoms with Crippen molar-refractivity contribution in [2.75, 3.05) is 6.26 Å². The highest BCUT2D eigenvalue weighted by Gasteiger charge is 2.13. The first-order valence-corrected chi connectivity index (χ1v) is 7.48. The van der Waals surface area contributed by atoms with Crippen LogP contribution in [0.25, 0.3) is 0 Å². The predicted molar refractivity (Wildman–Crippen MR) is 78.4 cm³/mol. The molecule has 0 aliphatic rings. The lowest BCUT2D eigenvalue weighted by Gasteiger charge is -2.14. The van der Waals surface area contributed by atoms with Crippen molar-refractivity contribution in [2.24, 2.45) is 5.73 Å². The highest BCUT2D eigenvalue weighted by atomic mass is 79.9. The van der Waals surface area contributed by atoms with Crippen LogP contribution < -0.4 is 5.73 Å². The second-order valence-corrected chi connectivity index (χ2v) is 5.71. The number of benzene rings is 2. The first-order valence-electron chi connectivity index (χ1n) is 5.46. The fourth-order valence-electron chi connectivity index (χ4n) is 1.74. The molecule has 0 heterocycles. The van der Waals surface area contributed by atoms with Crippen LogP contribution in [-0.4, -0.2) is 6.26 Å². The molecule has 1 nitrogen and oxygen atoms in total. The van der Waals surface area contributed by atoms with Gasteiger partial charge in [-0.25, -0.2) is 4.39 Å². The van der Waals surface area contributed by atoms with Crippen LogP contribution in [0.1, 0.15) is 17.2 Å². The van der Waals surface area contributed by atoms with Gasteiger partial charge in [0, 0.05) is 14.9 Å². The zero-order chi connectivity index (χ0) is 13.1. The quantitative estimate of drug-likeness (QED) is 0.848. The van der Waals surface area contributed by atoms with Crippen molar-refractivity contribution in [3.63, 3.8) is 0 Å². The van der Waals surface area contributed by atoms with Gasteiger partial charge in [-0.3, -0.25) is 0 Å². The number of rotatable bonds is 3. The molecule has 0 saturated heterocycles. The zero-order valence-corrected chi connectivity index (χ0v) is 12.3. The average Bonchev–Trinajstić information content (AvgIpc) is 2.41. The Balaban J connectivity index is 2.34. The number of hydrogen-bond acceptors (Lipinski definition) is 2. The Morgan fingerprint density at radius 3 is 2.44 bits per heavy atom. The molecule has 4 heteroatoms. The summed E-state index contributed by atoms with van der Waals surface area (Å²) in [6.07, 6.45) is 2.02. The second-order valence-electron chi connectivity index (χ2n) is 3.92. The first-order chi connectivity index (χ1) is 8.61. The number of thioether (sulfide) groups is 1. The van der Waals surface area contributed by atoms with Gasteiger partial charge < -0.3 is 5.73 Å². The minimum Gasteiger partial charge on any atom is -0.320 e. The molecule has 1 unspecified atom stereocenters. The Kier molecular flexibility index (Phi) is 4.43. The third-order valence-electron chi connectivity index (χ3n) is 2.77. The SMILES string of the molecule is CSc1ccc(C(N)c2cc(Br)ccc2F)cc1. The average molecular weight is 326 g/mol. The summed E-state index contributed by atoms with van der Waals surface area (Å²) in [5.74, 6) is -0.278. The Hall–Kier alpha value is -0.840. The van der Waals surface area contributed by atoms with E-state index >= 15 is 0 Å². The molecule has 0 aromatic heterocycles. The van der Waals surface area contributed by atoms with E-state index < -0.39 is 6.04 Å². The molecule has 0 radical (unpaired) electrons. The van der Waals surface area contributed by atoms with Gasteiger partial charge in [0.2, 0.25) is 0 Å². The lowest BCUT2D eigenvalue weighted by atomic mass is 9.99. The van der Waals surface area contributed by atoms with Crippen LogP contribution in [0.5, 0.6) is 0 Å². The van der Waals surface area contributed by atoms with Gasteiger partial charge in [-0.1, -0.05) is 28.1 Å². The largest absolute Gasteiger partial charge is 0.320 e.